The number of carbonyl (C=O) groups is 2. The second kappa shape index (κ2) is 2.86. The fourth-order valence-electron chi connectivity index (χ4n) is 1.74. The van der Waals surface area contributed by atoms with E-state index in [4.69, 9.17) is 0 Å². The Morgan fingerprint density at radius 3 is 2.67 bits per heavy atom. The average Bonchev–Trinajstić information content (AvgIpc) is 2.36. The summed E-state index contributed by atoms with van der Waals surface area (Å²) in [7, 11) is 0. The van der Waals surface area contributed by atoms with E-state index in [0.717, 1.165) is 32.2 Å². The molecule has 2 rings (SSSR count). The maximum absolute atomic E-state index is 11.2. The van der Waals surface area contributed by atoms with E-state index in [1.54, 1.807) is 5.01 Å². The first-order valence-electron chi connectivity index (χ1n) is 4.35. The van der Waals surface area contributed by atoms with Crippen molar-refractivity contribution in [1.29, 1.82) is 0 Å². The predicted octanol–water partition coefficient (Wildman–Crippen LogP) is -0.203. The van der Waals surface area contributed by atoms with Gasteiger partial charge in [-0.25, -0.2) is 5.01 Å². The Morgan fingerprint density at radius 1 is 1.42 bits per heavy atom. The Morgan fingerprint density at radius 2 is 2.25 bits per heavy atom. The van der Waals surface area contributed by atoms with E-state index in [2.05, 4.69) is 0 Å². The first kappa shape index (κ1) is 7.73. The number of amides is 1. The van der Waals surface area contributed by atoms with Crippen LogP contribution in [0.1, 0.15) is 19.3 Å². The van der Waals surface area contributed by atoms with Gasteiger partial charge in [0.2, 0.25) is 5.91 Å². The summed E-state index contributed by atoms with van der Waals surface area (Å²) in [5, 5.41) is 3.60. The van der Waals surface area contributed by atoms with Gasteiger partial charge < -0.3 is 4.79 Å². The van der Waals surface area contributed by atoms with Gasteiger partial charge in [-0.15, -0.1) is 0 Å². The molecule has 2 saturated heterocycles. The topological polar surface area (TPSA) is 40.6 Å². The molecule has 0 aliphatic carbocycles. The minimum Gasteiger partial charge on any atom is -0.302 e. The van der Waals surface area contributed by atoms with Crippen molar-refractivity contribution < 1.29 is 9.59 Å². The van der Waals surface area contributed by atoms with Gasteiger partial charge in [-0.3, -0.25) is 9.80 Å². The minimum absolute atomic E-state index is 0.0351. The van der Waals surface area contributed by atoms with E-state index < -0.39 is 0 Å². The summed E-state index contributed by atoms with van der Waals surface area (Å²) >= 11 is 0. The lowest BCUT2D eigenvalue weighted by Gasteiger charge is -2.43. The third-order valence-corrected chi connectivity index (χ3v) is 2.55. The molecule has 0 saturated carbocycles. The predicted molar refractivity (Wildman–Crippen MR) is 42.1 cm³/mol. The molecule has 2 heterocycles. The fraction of sp³-hybridized carbons (Fsp3) is 0.750. The van der Waals surface area contributed by atoms with Crippen molar-refractivity contribution >= 4 is 12.2 Å². The molecule has 4 heteroatoms. The van der Waals surface area contributed by atoms with Crippen LogP contribution in [0.5, 0.6) is 0 Å². The fourth-order valence-corrected chi connectivity index (χ4v) is 1.74. The largest absolute Gasteiger partial charge is 0.302 e. The van der Waals surface area contributed by atoms with Gasteiger partial charge in [-0.05, 0) is 12.8 Å². The van der Waals surface area contributed by atoms with Crippen molar-refractivity contribution in [3.05, 3.63) is 0 Å². The molecule has 0 aromatic rings. The smallest absolute Gasteiger partial charge is 0.236 e. The van der Waals surface area contributed by atoms with Crippen LogP contribution in [0.4, 0.5) is 0 Å². The van der Waals surface area contributed by atoms with Crippen LogP contribution in [-0.4, -0.2) is 41.3 Å². The summed E-state index contributed by atoms with van der Waals surface area (Å²) in [4.78, 5) is 21.7. The lowest BCUT2D eigenvalue weighted by molar-refractivity contribution is -0.161. The van der Waals surface area contributed by atoms with Gasteiger partial charge >= 0.3 is 0 Å². The number of carbonyl (C=O) groups excluding carboxylic acids is 2. The summed E-state index contributed by atoms with van der Waals surface area (Å²) < 4.78 is 0. The van der Waals surface area contributed by atoms with Crippen LogP contribution in [0.3, 0.4) is 0 Å². The molecule has 0 N–H and O–H groups in total. The van der Waals surface area contributed by atoms with E-state index in [9.17, 15) is 9.59 Å². The summed E-state index contributed by atoms with van der Waals surface area (Å²) in [5.74, 6) is 0.168. The molecule has 0 spiro atoms. The molecule has 66 valence electrons. The highest BCUT2D eigenvalue weighted by atomic mass is 16.2. The number of rotatable bonds is 2. The van der Waals surface area contributed by atoms with Crippen molar-refractivity contribution in [2.45, 2.75) is 25.3 Å². The average molecular weight is 168 g/mol. The van der Waals surface area contributed by atoms with E-state index in [0.29, 0.717) is 6.42 Å². The maximum atomic E-state index is 11.2. The highest BCUT2D eigenvalue weighted by molar-refractivity contribution is 5.78. The highest BCUT2D eigenvalue weighted by Crippen LogP contribution is 2.22. The van der Waals surface area contributed by atoms with Gasteiger partial charge in [0.25, 0.3) is 0 Å². The number of nitrogens with zero attached hydrogens (tertiary/aromatic N) is 2. The third kappa shape index (κ3) is 1.03. The molecule has 2 aliphatic heterocycles. The van der Waals surface area contributed by atoms with Gasteiger partial charge in [-0.1, -0.05) is 0 Å². The van der Waals surface area contributed by atoms with E-state index in [-0.39, 0.29) is 11.9 Å². The second-order valence-electron chi connectivity index (χ2n) is 3.28. The normalized spacial score (nSPS) is 30.5. The molecule has 2 fully saturated rings. The first-order valence-corrected chi connectivity index (χ1v) is 4.35. The van der Waals surface area contributed by atoms with Gasteiger partial charge in [0, 0.05) is 19.5 Å². The quantitative estimate of drug-likeness (QED) is 0.536. The van der Waals surface area contributed by atoms with Gasteiger partial charge in [0.05, 0.1) is 6.04 Å². The molecule has 0 bridgehead atoms. The van der Waals surface area contributed by atoms with Gasteiger partial charge in [0.15, 0.2) is 0 Å². The molecule has 1 atom stereocenters. The molecule has 1 unspecified atom stereocenters. The molecule has 1 amide bonds. The molecule has 0 radical (unpaired) electrons. The Balaban J connectivity index is 1.99. The summed E-state index contributed by atoms with van der Waals surface area (Å²) in [6, 6.07) is -0.0351. The van der Waals surface area contributed by atoms with Gasteiger partial charge in [0.1, 0.15) is 6.29 Å². The minimum atomic E-state index is -0.0351. The van der Waals surface area contributed by atoms with Crippen LogP contribution < -0.4 is 0 Å². The van der Waals surface area contributed by atoms with Crippen LogP contribution in [0.15, 0.2) is 0 Å². The molecular formula is C8H12N2O2. The van der Waals surface area contributed by atoms with Crippen LogP contribution >= 0.6 is 0 Å². The lowest BCUT2D eigenvalue weighted by Crippen LogP contribution is -2.58. The monoisotopic (exact) mass is 168 g/mol. The van der Waals surface area contributed by atoms with Crippen LogP contribution in [0.2, 0.25) is 0 Å². The summed E-state index contributed by atoms with van der Waals surface area (Å²) in [6.07, 6.45) is 3.39. The SMILES string of the molecule is O=CC1CCN1N1CCCC1=O. The Hall–Kier alpha value is -0.900. The number of hydrazine groups is 1. The number of hydrogen-bond acceptors (Lipinski definition) is 3. The molecule has 0 aromatic carbocycles. The van der Waals surface area contributed by atoms with E-state index in [1.165, 1.54) is 0 Å². The van der Waals surface area contributed by atoms with Crippen molar-refractivity contribution in [3.8, 4) is 0 Å². The zero-order chi connectivity index (χ0) is 8.55. The van der Waals surface area contributed by atoms with E-state index >= 15 is 0 Å². The Kier molecular flexibility index (Phi) is 1.84. The maximum Gasteiger partial charge on any atom is 0.236 e. The number of hydrogen-bond donors (Lipinski definition) is 0. The molecule has 4 nitrogen and oxygen atoms in total. The zero-order valence-corrected chi connectivity index (χ0v) is 6.90. The second-order valence-corrected chi connectivity index (χ2v) is 3.28. The molecular weight excluding hydrogens is 156 g/mol. The molecule has 2 aliphatic rings. The van der Waals surface area contributed by atoms with Crippen molar-refractivity contribution in [2.75, 3.05) is 13.1 Å². The number of aldehydes is 1. The van der Waals surface area contributed by atoms with Crippen molar-refractivity contribution in [3.63, 3.8) is 0 Å². The molecule has 0 aromatic heterocycles. The van der Waals surface area contributed by atoms with Crippen LogP contribution in [0, 0.1) is 0 Å². The summed E-state index contributed by atoms with van der Waals surface area (Å²) in [6.45, 7) is 1.65. The van der Waals surface area contributed by atoms with Gasteiger partial charge in [-0.2, -0.15) is 0 Å². The van der Waals surface area contributed by atoms with Crippen molar-refractivity contribution in [1.82, 2.24) is 10.0 Å². The Bertz CT molecular complexity index is 217. The summed E-state index contributed by atoms with van der Waals surface area (Å²) in [5.41, 5.74) is 0. The highest BCUT2D eigenvalue weighted by Gasteiger charge is 2.36. The third-order valence-electron chi connectivity index (χ3n) is 2.55. The molecule has 12 heavy (non-hydrogen) atoms. The Labute approximate surface area is 71.1 Å². The lowest BCUT2D eigenvalue weighted by atomic mass is 10.1. The van der Waals surface area contributed by atoms with Crippen LogP contribution in [-0.2, 0) is 9.59 Å². The standard InChI is InChI=1S/C8H12N2O2/c11-6-7-3-5-9(7)10-4-1-2-8(10)12/h6-7H,1-5H2. The van der Waals surface area contributed by atoms with Crippen LogP contribution in [0.25, 0.3) is 0 Å². The zero-order valence-electron chi connectivity index (χ0n) is 6.90. The first-order chi connectivity index (χ1) is 5.83. The van der Waals surface area contributed by atoms with Crippen molar-refractivity contribution in [2.24, 2.45) is 0 Å². The van der Waals surface area contributed by atoms with E-state index in [1.807, 2.05) is 5.01 Å².